The van der Waals surface area contributed by atoms with Gasteiger partial charge in [-0.2, -0.15) is 13.2 Å². The Labute approximate surface area is 129 Å². The van der Waals surface area contributed by atoms with Gasteiger partial charge in [0.2, 0.25) is 0 Å². The smallest absolute Gasteiger partial charge is 0.417 e. The van der Waals surface area contributed by atoms with E-state index in [-0.39, 0.29) is 21.0 Å². The number of thiazole rings is 1. The zero-order valence-electron chi connectivity index (χ0n) is 10.5. The van der Waals surface area contributed by atoms with Crippen molar-refractivity contribution >= 4 is 44.1 Å². The number of carboxylic acids is 1. The van der Waals surface area contributed by atoms with E-state index in [1.54, 1.807) is 6.92 Å². The first-order valence-corrected chi connectivity index (χ1v) is 7.14. The summed E-state index contributed by atoms with van der Waals surface area (Å²) in [6.45, 7) is 1.58. The number of halogens is 4. The quantitative estimate of drug-likeness (QED) is 0.811. The van der Waals surface area contributed by atoms with Gasteiger partial charge in [0, 0.05) is 15.0 Å². The highest BCUT2D eigenvalue weighted by molar-refractivity contribution is 9.10. The Kier molecular flexibility index (Phi) is 4.24. The van der Waals surface area contributed by atoms with Gasteiger partial charge in [-0.05, 0) is 25.1 Å². The van der Waals surface area contributed by atoms with E-state index >= 15 is 0 Å². The van der Waals surface area contributed by atoms with Crippen LogP contribution in [0.2, 0.25) is 0 Å². The first-order valence-electron chi connectivity index (χ1n) is 5.53. The van der Waals surface area contributed by atoms with Crippen LogP contribution < -0.4 is 5.32 Å². The molecule has 1 aromatic heterocycles. The number of aryl methyl sites for hydroxylation is 1. The number of carboxylic acid groups (broad SMARTS) is 1. The van der Waals surface area contributed by atoms with E-state index in [0.717, 1.165) is 17.4 Å². The average molecular weight is 381 g/mol. The number of hydrogen-bond donors (Lipinski definition) is 2. The largest absolute Gasteiger partial charge is 0.476 e. The summed E-state index contributed by atoms with van der Waals surface area (Å²) >= 11 is 3.91. The van der Waals surface area contributed by atoms with Crippen LogP contribution in [0.3, 0.4) is 0 Å². The van der Waals surface area contributed by atoms with Crippen molar-refractivity contribution in [2.45, 2.75) is 13.1 Å². The number of alkyl halides is 3. The predicted molar refractivity (Wildman–Crippen MR) is 76.2 cm³/mol. The summed E-state index contributed by atoms with van der Waals surface area (Å²) in [6.07, 6.45) is -4.48. The molecule has 9 heteroatoms. The van der Waals surface area contributed by atoms with Crippen molar-refractivity contribution in [2.75, 3.05) is 5.32 Å². The minimum atomic E-state index is -4.48. The number of carbonyl (C=O) groups is 1. The molecule has 0 radical (unpaired) electrons. The van der Waals surface area contributed by atoms with Gasteiger partial charge in [0.05, 0.1) is 5.56 Å². The molecule has 2 rings (SSSR count). The molecule has 1 heterocycles. The van der Waals surface area contributed by atoms with Gasteiger partial charge in [0.25, 0.3) is 0 Å². The van der Waals surface area contributed by atoms with Crippen LogP contribution in [0.5, 0.6) is 0 Å². The minimum Gasteiger partial charge on any atom is -0.476 e. The van der Waals surface area contributed by atoms with Crippen molar-refractivity contribution in [1.82, 2.24) is 4.98 Å². The molecule has 0 unspecified atom stereocenters. The number of nitrogens with zero attached hydrogens (tertiary/aromatic N) is 1. The fourth-order valence-electron chi connectivity index (χ4n) is 1.59. The standard InChI is InChI=1S/C12H8BrF3N2O2S/c1-5-9(10(19)20)18-11(21-5)17-6-2-3-8(13)7(4-6)12(14,15)16/h2-4H,1H3,(H,17,18)(H,19,20). The van der Waals surface area contributed by atoms with Gasteiger partial charge >= 0.3 is 12.1 Å². The number of hydrogen-bond acceptors (Lipinski definition) is 4. The highest BCUT2D eigenvalue weighted by Gasteiger charge is 2.33. The van der Waals surface area contributed by atoms with E-state index in [1.165, 1.54) is 12.1 Å². The molecule has 0 aliphatic carbocycles. The molecule has 0 saturated carbocycles. The van der Waals surface area contributed by atoms with Crippen molar-refractivity contribution in [3.63, 3.8) is 0 Å². The van der Waals surface area contributed by atoms with E-state index in [9.17, 15) is 18.0 Å². The number of nitrogens with one attached hydrogen (secondary N) is 1. The molecule has 0 aliphatic rings. The lowest BCUT2D eigenvalue weighted by Crippen LogP contribution is -2.06. The second kappa shape index (κ2) is 5.64. The molecule has 0 amide bonds. The van der Waals surface area contributed by atoms with Crippen molar-refractivity contribution in [1.29, 1.82) is 0 Å². The van der Waals surface area contributed by atoms with Crippen molar-refractivity contribution < 1.29 is 23.1 Å². The molecule has 2 aromatic rings. The highest BCUT2D eigenvalue weighted by Crippen LogP contribution is 2.37. The number of aromatic nitrogens is 1. The second-order valence-corrected chi connectivity index (χ2v) is 6.10. The molecule has 21 heavy (non-hydrogen) atoms. The summed E-state index contributed by atoms with van der Waals surface area (Å²) in [7, 11) is 0. The number of aromatic carboxylic acids is 1. The second-order valence-electron chi connectivity index (χ2n) is 4.05. The lowest BCUT2D eigenvalue weighted by Gasteiger charge is -2.11. The fourth-order valence-corrected chi connectivity index (χ4v) is 2.89. The Balaban J connectivity index is 2.32. The van der Waals surface area contributed by atoms with E-state index in [1.807, 2.05) is 0 Å². The molecule has 0 bridgehead atoms. The third-order valence-corrected chi connectivity index (χ3v) is 4.10. The van der Waals surface area contributed by atoms with E-state index < -0.39 is 17.7 Å². The SMILES string of the molecule is Cc1sc(Nc2ccc(Br)c(C(F)(F)F)c2)nc1C(=O)O. The zero-order valence-corrected chi connectivity index (χ0v) is 12.9. The fraction of sp³-hybridized carbons (Fsp3) is 0.167. The predicted octanol–water partition coefficient (Wildman–Crippen LogP) is 4.67. The number of anilines is 2. The van der Waals surface area contributed by atoms with Crippen LogP contribution in [0, 0.1) is 6.92 Å². The maximum absolute atomic E-state index is 12.8. The van der Waals surface area contributed by atoms with E-state index in [2.05, 4.69) is 26.2 Å². The Morgan fingerprint density at radius 3 is 2.62 bits per heavy atom. The molecule has 1 aromatic carbocycles. The number of benzene rings is 1. The summed E-state index contributed by atoms with van der Waals surface area (Å²) in [5, 5.41) is 11.8. The molecule has 0 atom stereocenters. The van der Waals surface area contributed by atoms with Gasteiger partial charge in [-0.25, -0.2) is 9.78 Å². The van der Waals surface area contributed by atoms with Gasteiger partial charge in [0.1, 0.15) is 0 Å². The van der Waals surface area contributed by atoms with Crippen LogP contribution in [-0.2, 0) is 6.18 Å². The van der Waals surface area contributed by atoms with Gasteiger partial charge < -0.3 is 10.4 Å². The van der Waals surface area contributed by atoms with Gasteiger partial charge in [-0.3, -0.25) is 0 Å². The summed E-state index contributed by atoms with van der Waals surface area (Å²) in [5.41, 5.74) is -0.758. The van der Waals surface area contributed by atoms with E-state index in [0.29, 0.717) is 4.88 Å². The molecule has 112 valence electrons. The summed E-state index contributed by atoms with van der Waals surface area (Å²) in [6, 6.07) is 3.64. The maximum atomic E-state index is 12.8. The molecule has 0 spiro atoms. The summed E-state index contributed by atoms with van der Waals surface area (Å²) in [4.78, 5) is 15.2. The third kappa shape index (κ3) is 3.53. The van der Waals surface area contributed by atoms with Crippen molar-refractivity contribution in [3.05, 3.63) is 38.8 Å². The Morgan fingerprint density at radius 2 is 2.10 bits per heavy atom. The lowest BCUT2D eigenvalue weighted by molar-refractivity contribution is -0.138. The van der Waals surface area contributed by atoms with Crippen molar-refractivity contribution in [3.8, 4) is 0 Å². The molecular weight excluding hydrogens is 373 g/mol. The first kappa shape index (κ1) is 15.8. The van der Waals surface area contributed by atoms with Crippen LogP contribution >= 0.6 is 27.3 Å². The van der Waals surface area contributed by atoms with Gasteiger partial charge in [0.15, 0.2) is 10.8 Å². The summed E-state index contributed by atoms with van der Waals surface area (Å²) in [5.74, 6) is -1.18. The van der Waals surface area contributed by atoms with Crippen LogP contribution in [-0.4, -0.2) is 16.1 Å². The average Bonchev–Trinajstić information content (AvgIpc) is 2.71. The molecule has 2 N–H and O–H groups in total. The van der Waals surface area contributed by atoms with Crippen molar-refractivity contribution in [2.24, 2.45) is 0 Å². The Bertz CT molecular complexity index is 700. The molecule has 0 aliphatic heterocycles. The number of rotatable bonds is 3. The Hall–Kier alpha value is -1.61. The van der Waals surface area contributed by atoms with Crippen LogP contribution in [0.15, 0.2) is 22.7 Å². The maximum Gasteiger partial charge on any atom is 0.417 e. The van der Waals surface area contributed by atoms with Crippen LogP contribution in [0.25, 0.3) is 0 Å². The van der Waals surface area contributed by atoms with Gasteiger partial charge in [-0.15, -0.1) is 11.3 Å². The minimum absolute atomic E-state index is 0.0675. The molecule has 0 saturated heterocycles. The summed E-state index contributed by atoms with van der Waals surface area (Å²) < 4.78 is 38.3. The van der Waals surface area contributed by atoms with E-state index in [4.69, 9.17) is 5.11 Å². The van der Waals surface area contributed by atoms with Crippen LogP contribution in [0.4, 0.5) is 24.0 Å². The molecule has 0 fully saturated rings. The van der Waals surface area contributed by atoms with Crippen LogP contribution in [0.1, 0.15) is 20.9 Å². The third-order valence-electron chi connectivity index (χ3n) is 2.52. The topological polar surface area (TPSA) is 62.2 Å². The van der Waals surface area contributed by atoms with Gasteiger partial charge in [-0.1, -0.05) is 15.9 Å². The first-order chi connectivity index (χ1) is 9.68. The highest BCUT2D eigenvalue weighted by atomic mass is 79.9. The normalized spacial score (nSPS) is 11.5. The lowest BCUT2D eigenvalue weighted by atomic mass is 10.2. The Morgan fingerprint density at radius 1 is 1.43 bits per heavy atom. The molecule has 4 nitrogen and oxygen atoms in total. The zero-order chi connectivity index (χ0) is 15.8. The monoisotopic (exact) mass is 380 g/mol. The molecular formula is C12H8BrF3N2O2S.